The maximum atomic E-state index is 13.1. The third-order valence-electron chi connectivity index (χ3n) is 2.38. The molecule has 0 fully saturated rings. The van der Waals surface area contributed by atoms with Crippen LogP contribution in [0.15, 0.2) is 16.6 Å². The van der Waals surface area contributed by atoms with Crippen LogP contribution in [0.2, 0.25) is 0 Å². The fourth-order valence-electron chi connectivity index (χ4n) is 1.26. The smallest absolute Gasteiger partial charge is 0.165 e. The van der Waals surface area contributed by atoms with E-state index in [1.807, 2.05) is 6.92 Å². The molecule has 0 aliphatic rings. The first-order valence-corrected chi connectivity index (χ1v) is 5.15. The summed E-state index contributed by atoms with van der Waals surface area (Å²) in [6, 6.07) is 2.75. The molecular weight excluding hydrogens is 249 g/mol. The van der Waals surface area contributed by atoms with E-state index in [1.54, 1.807) is 13.0 Å². The minimum atomic E-state index is -0.731. The number of phenolic OH excluding ortho intramolecular Hbond substituents is 1. The number of hydrogen-bond acceptors (Lipinski definition) is 2. The Morgan fingerprint density at radius 2 is 2.14 bits per heavy atom. The van der Waals surface area contributed by atoms with Crippen molar-refractivity contribution in [3.63, 3.8) is 0 Å². The first kappa shape index (κ1) is 11.5. The minimum absolute atomic E-state index is 0.369. The van der Waals surface area contributed by atoms with Gasteiger partial charge >= 0.3 is 0 Å². The molecule has 1 rings (SSSR count). The first-order chi connectivity index (χ1) is 6.40. The highest BCUT2D eigenvalue weighted by Crippen LogP contribution is 2.37. The SMILES string of the molecule is CCC(C)(N)c1c(Br)ccc(F)c1O. The topological polar surface area (TPSA) is 46.2 Å². The second-order valence-corrected chi connectivity index (χ2v) is 4.38. The van der Waals surface area contributed by atoms with Gasteiger partial charge in [0, 0.05) is 15.6 Å². The molecule has 1 aromatic rings. The van der Waals surface area contributed by atoms with Gasteiger partial charge in [-0.2, -0.15) is 0 Å². The average molecular weight is 262 g/mol. The van der Waals surface area contributed by atoms with Gasteiger partial charge in [0.15, 0.2) is 11.6 Å². The van der Waals surface area contributed by atoms with Crippen molar-refractivity contribution >= 4 is 15.9 Å². The third kappa shape index (κ3) is 1.91. The van der Waals surface area contributed by atoms with Crippen molar-refractivity contribution in [1.82, 2.24) is 0 Å². The molecule has 0 spiro atoms. The second-order valence-electron chi connectivity index (χ2n) is 3.52. The number of halogens is 2. The summed E-state index contributed by atoms with van der Waals surface area (Å²) < 4.78 is 13.7. The standard InChI is InChI=1S/C10H13BrFNO/c1-3-10(2,13)8-6(11)4-5-7(12)9(8)14/h4-5,14H,3,13H2,1-2H3. The number of phenols is 1. The fraction of sp³-hybridized carbons (Fsp3) is 0.400. The van der Waals surface area contributed by atoms with E-state index in [-0.39, 0.29) is 5.75 Å². The van der Waals surface area contributed by atoms with Crippen LogP contribution in [-0.2, 0) is 5.54 Å². The van der Waals surface area contributed by atoms with Crippen molar-refractivity contribution in [2.75, 3.05) is 0 Å². The van der Waals surface area contributed by atoms with Crippen LogP contribution in [0, 0.1) is 5.82 Å². The number of aromatic hydroxyl groups is 1. The summed E-state index contributed by atoms with van der Waals surface area (Å²) in [4.78, 5) is 0. The lowest BCUT2D eigenvalue weighted by atomic mass is 9.90. The second kappa shape index (κ2) is 3.87. The van der Waals surface area contributed by atoms with Crippen LogP contribution >= 0.6 is 15.9 Å². The summed E-state index contributed by atoms with van der Waals surface area (Å²) in [5, 5.41) is 9.56. The maximum Gasteiger partial charge on any atom is 0.165 e. The van der Waals surface area contributed by atoms with Crippen molar-refractivity contribution in [2.45, 2.75) is 25.8 Å². The van der Waals surface area contributed by atoms with Gasteiger partial charge in [0.1, 0.15) is 0 Å². The van der Waals surface area contributed by atoms with Crippen LogP contribution < -0.4 is 5.73 Å². The molecule has 78 valence electrons. The Morgan fingerprint density at radius 3 is 2.64 bits per heavy atom. The molecular formula is C10H13BrFNO. The number of nitrogens with two attached hydrogens (primary N) is 1. The Bertz CT molecular complexity index is 352. The summed E-state index contributed by atoms with van der Waals surface area (Å²) in [6.07, 6.45) is 0.614. The van der Waals surface area contributed by atoms with Crippen LogP contribution in [-0.4, -0.2) is 5.11 Å². The van der Waals surface area contributed by atoms with Gasteiger partial charge in [-0.05, 0) is 25.5 Å². The van der Waals surface area contributed by atoms with Crippen molar-refractivity contribution in [1.29, 1.82) is 0 Å². The Kier molecular flexibility index (Phi) is 3.17. The van der Waals surface area contributed by atoms with Gasteiger partial charge in [0.05, 0.1) is 0 Å². The zero-order valence-electron chi connectivity index (χ0n) is 8.14. The molecule has 1 aromatic carbocycles. The molecule has 2 nitrogen and oxygen atoms in total. The molecule has 3 N–H and O–H groups in total. The van der Waals surface area contributed by atoms with Gasteiger partial charge in [-0.1, -0.05) is 22.9 Å². The van der Waals surface area contributed by atoms with Gasteiger partial charge in [-0.3, -0.25) is 0 Å². The highest BCUT2D eigenvalue weighted by atomic mass is 79.9. The van der Waals surface area contributed by atoms with Gasteiger partial charge < -0.3 is 10.8 Å². The van der Waals surface area contributed by atoms with E-state index in [0.717, 1.165) is 0 Å². The molecule has 0 bridgehead atoms. The molecule has 0 aliphatic carbocycles. The van der Waals surface area contributed by atoms with Gasteiger partial charge in [0.25, 0.3) is 0 Å². The predicted octanol–water partition coefficient (Wildman–Crippen LogP) is 2.88. The lowest BCUT2D eigenvalue weighted by Crippen LogP contribution is -2.32. The number of hydrogen-bond donors (Lipinski definition) is 2. The summed E-state index contributed by atoms with van der Waals surface area (Å²) in [5.41, 5.74) is 5.64. The van der Waals surface area contributed by atoms with Gasteiger partial charge in [0.2, 0.25) is 0 Å². The molecule has 14 heavy (non-hydrogen) atoms. The molecule has 0 heterocycles. The largest absolute Gasteiger partial charge is 0.505 e. The third-order valence-corrected chi connectivity index (χ3v) is 3.04. The molecule has 1 atom stereocenters. The normalized spacial score (nSPS) is 15.2. The number of rotatable bonds is 2. The Hall–Kier alpha value is -0.610. The predicted molar refractivity (Wildman–Crippen MR) is 57.6 cm³/mol. The molecule has 1 unspecified atom stereocenters. The molecule has 0 aromatic heterocycles. The van der Waals surface area contributed by atoms with E-state index < -0.39 is 11.4 Å². The van der Waals surface area contributed by atoms with Gasteiger partial charge in [-0.25, -0.2) is 4.39 Å². The highest BCUT2D eigenvalue weighted by Gasteiger charge is 2.26. The van der Waals surface area contributed by atoms with Crippen molar-refractivity contribution in [3.8, 4) is 5.75 Å². The number of benzene rings is 1. The van der Waals surface area contributed by atoms with Crippen LogP contribution in [0.25, 0.3) is 0 Å². The lowest BCUT2D eigenvalue weighted by Gasteiger charge is -2.25. The molecule has 0 aliphatic heterocycles. The first-order valence-electron chi connectivity index (χ1n) is 4.36. The van der Waals surface area contributed by atoms with E-state index in [4.69, 9.17) is 5.73 Å². The maximum absolute atomic E-state index is 13.1. The fourth-order valence-corrected chi connectivity index (χ4v) is 2.03. The molecule has 0 radical (unpaired) electrons. The van der Waals surface area contributed by atoms with E-state index in [1.165, 1.54) is 6.07 Å². The highest BCUT2D eigenvalue weighted by molar-refractivity contribution is 9.10. The van der Waals surface area contributed by atoms with E-state index in [0.29, 0.717) is 16.5 Å². The van der Waals surface area contributed by atoms with E-state index >= 15 is 0 Å². The minimum Gasteiger partial charge on any atom is -0.505 e. The quantitative estimate of drug-likeness (QED) is 0.860. The monoisotopic (exact) mass is 261 g/mol. The Labute approximate surface area is 91.1 Å². The van der Waals surface area contributed by atoms with Crippen LogP contribution in [0.5, 0.6) is 5.75 Å². The summed E-state index contributed by atoms with van der Waals surface area (Å²) in [6.45, 7) is 3.64. The molecule has 0 amide bonds. The van der Waals surface area contributed by atoms with Crippen LogP contribution in [0.4, 0.5) is 4.39 Å². The summed E-state index contributed by atoms with van der Waals surface area (Å²) >= 11 is 3.25. The van der Waals surface area contributed by atoms with Crippen molar-refractivity contribution < 1.29 is 9.50 Å². The zero-order chi connectivity index (χ0) is 10.9. The van der Waals surface area contributed by atoms with E-state index in [2.05, 4.69) is 15.9 Å². The lowest BCUT2D eigenvalue weighted by molar-refractivity contribution is 0.389. The van der Waals surface area contributed by atoms with Crippen LogP contribution in [0.3, 0.4) is 0 Å². The van der Waals surface area contributed by atoms with Crippen molar-refractivity contribution in [2.24, 2.45) is 5.73 Å². The molecule has 0 saturated heterocycles. The zero-order valence-corrected chi connectivity index (χ0v) is 9.73. The van der Waals surface area contributed by atoms with Crippen LogP contribution in [0.1, 0.15) is 25.8 Å². The van der Waals surface area contributed by atoms with Gasteiger partial charge in [-0.15, -0.1) is 0 Å². The average Bonchev–Trinajstić information content (AvgIpc) is 2.12. The van der Waals surface area contributed by atoms with Crippen molar-refractivity contribution in [3.05, 3.63) is 28.0 Å². The summed E-state index contributed by atoms with van der Waals surface area (Å²) in [5.74, 6) is -1.01. The molecule has 4 heteroatoms. The molecule has 0 saturated carbocycles. The summed E-state index contributed by atoms with van der Waals surface area (Å²) in [7, 11) is 0. The van der Waals surface area contributed by atoms with E-state index in [9.17, 15) is 9.50 Å². The Morgan fingerprint density at radius 1 is 1.57 bits per heavy atom. The Balaban J connectivity index is 3.40.